The van der Waals surface area contributed by atoms with Crippen molar-refractivity contribution in [2.45, 2.75) is 44.6 Å². The van der Waals surface area contributed by atoms with E-state index in [4.69, 9.17) is 4.99 Å². The number of thiophene rings is 1. The van der Waals surface area contributed by atoms with Crippen molar-refractivity contribution >= 4 is 27.1 Å². The molecule has 0 radical (unpaired) electrons. The van der Waals surface area contributed by atoms with Crippen molar-refractivity contribution in [3.05, 3.63) is 41.4 Å². The third-order valence-electron chi connectivity index (χ3n) is 5.88. The zero-order valence-corrected chi connectivity index (χ0v) is 15.4. The molecule has 1 aromatic carbocycles. The highest BCUT2D eigenvalue weighted by Gasteiger charge is 2.30. The summed E-state index contributed by atoms with van der Waals surface area (Å²) in [6.07, 6.45) is 9.76. The lowest BCUT2D eigenvalue weighted by molar-refractivity contribution is 0.430. The van der Waals surface area contributed by atoms with Gasteiger partial charge in [0.05, 0.1) is 17.9 Å². The number of rotatable bonds is 2. The molecule has 128 valence electrons. The minimum absolute atomic E-state index is 0.284. The number of hydrogen-bond acceptors (Lipinski definition) is 3. The number of aryl methyl sites for hydroxylation is 1. The van der Waals surface area contributed by atoms with Gasteiger partial charge in [0.25, 0.3) is 0 Å². The number of benzene rings is 1. The van der Waals surface area contributed by atoms with Crippen molar-refractivity contribution in [3.63, 3.8) is 0 Å². The first-order valence-corrected chi connectivity index (χ1v) is 10.2. The van der Waals surface area contributed by atoms with Gasteiger partial charge in [-0.3, -0.25) is 9.67 Å². The molecule has 0 spiro atoms. The van der Waals surface area contributed by atoms with Crippen molar-refractivity contribution in [2.24, 2.45) is 18.0 Å². The largest absolute Gasteiger partial charge is 0.286 e. The summed E-state index contributed by atoms with van der Waals surface area (Å²) in [6, 6.07) is 8.95. The quantitative estimate of drug-likeness (QED) is 0.578. The Hall–Kier alpha value is -1.94. The summed E-state index contributed by atoms with van der Waals surface area (Å²) in [5.74, 6) is 0.757. The molecule has 2 aliphatic rings. The van der Waals surface area contributed by atoms with Crippen LogP contribution in [0.4, 0.5) is 0 Å². The first-order chi connectivity index (χ1) is 12.3. The molecule has 0 saturated heterocycles. The normalized spacial score (nSPS) is 23.5. The summed E-state index contributed by atoms with van der Waals surface area (Å²) >= 11 is 1.82. The maximum atomic E-state index is 5.20. The van der Waals surface area contributed by atoms with Gasteiger partial charge in [-0.1, -0.05) is 24.6 Å². The molecule has 3 heterocycles. The molecule has 3 aromatic rings. The van der Waals surface area contributed by atoms with Gasteiger partial charge in [-0.15, -0.1) is 11.3 Å². The van der Waals surface area contributed by atoms with Crippen LogP contribution >= 0.6 is 11.3 Å². The Morgan fingerprint density at radius 3 is 3.00 bits per heavy atom. The summed E-state index contributed by atoms with van der Waals surface area (Å²) < 4.78 is 3.38. The van der Waals surface area contributed by atoms with Gasteiger partial charge in [0.1, 0.15) is 0 Å². The smallest absolute Gasteiger partial charge is 0.0785 e. The fraction of sp³-hybridized carbons (Fsp3) is 0.429. The second-order valence-corrected chi connectivity index (χ2v) is 8.29. The molecular formula is C21H23N3S. The van der Waals surface area contributed by atoms with Gasteiger partial charge >= 0.3 is 0 Å². The standard InChI is InChI=1S/C21H23N3S/c1-24-21(17-13-25-20-9-5-3-7-15(17)20)16(12-22-24)19-11-10-14-6-2-4-8-18(14)23-19/h3,5,7,9,12-14,19H,2,4,6,8,10-11H2,1H3. The third kappa shape index (κ3) is 2.54. The van der Waals surface area contributed by atoms with E-state index in [2.05, 4.69) is 48.0 Å². The highest BCUT2D eigenvalue weighted by molar-refractivity contribution is 7.17. The molecule has 5 rings (SSSR count). The van der Waals surface area contributed by atoms with Crippen LogP contribution in [0.2, 0.25) is 0 Å². The molecule has 1 aliphatic carbocycles. The molecule has 1 aliphatic heterocycles. The van der Waals surface area contributed by atoms with E-state index in [0.717, 1.165) is 12.3 Å². The zero-order valence-electron chi connectivity index (χ0n) is 14.6. The SMILES string of the molecule is Cn1ncc(C2CCC3CCCCC3=N2)c1-c1csc2ccccc12. The molecular weight excluding hydrogens is 326 g/mol. The van der Waals surface area contributed by atoms with Crippen LogP contribution in [-0.4, -0.2) is 15.5 Å². The molecule has 2 atom stereocenters. The van der Waals surface area contributed by atoms with E-state index in [1.807, 2.05) is 16.0 Å². The third-order valence-corrected chi connectivity index (χ3v) is 6.84. The Morgan fingerprint density at radius 2 is 2.04 bits per heavy atom. The molecule has 4 heteroatoms. The lowest BCUT2D eigenvalue weighted by Crippen LogP contribution is -2.24. The summed E-state index contributed by atoms with van der Waals surface area (Å²) in [4.78, 5) is 5.20. The average Bonchev–Trinajstić information content (AvgIpc) is 3.24. The van der Waals surface area contributed by atoms with Crippen LogP contribution in [0.1, 0.15) is 50.1 Å². The highest BCUT2D eigenvalue weighted by atomic mass is 32.1. The summed E-state index contributed by atoms with van der Waals surface area (Å²) in [5, 5.41) is 8.22. The Labute approximate surface area is 152 Å². The molecule has 2 aromatic heterocycles. The number of hydrogen-bond donors (Lipinski definition) is 0. The monoisotopic (exact) mass is 349 g/mol. The second kappa shape index (κ2) is 6.10. The zero-order chi connectivity index (χ0) is 16.8. The number of nitrogens with zero attached hydrogens (tertiary/aromatic N) is 3. The Morgan fingerprint density at radius 1 is 1.12 bits per heavy atom. The Balaban J connectivity index is 1.60. The van der Waals surface area contributed by atoms with Crippen molar-refractivity contribution in [1.29, 1.82) is 0 Å². The molecule has 1 saturated carbocycles. The van der Waals surface area contributed by atoms with Crippen LogP contribution in [0.5, 0.6) is 0 Å². The van der Waals surface area contributed by atoms with Gasteiger partial charge in [-0.05, 0) is 44.1 Å². The first kappa shape index (κ1) is 15.3. The van der Waals surface area contributed by atoms with Crippen LogP contribution in [0.15, 0.2) is 40.8 Å². The first-order valence-electron chi connectivity index (χ1n) is 9.36. The van der Waals surface area contributed by atoms with Crippen LogP contribution in [-0.2, 0) is 7.05 Å². The average molecular weight is 350 g/mol. The van der Waals surface area contributed by atoms with Gasteiger partial charge in [0.2, 0.25) is 0 Å². The predicted molar refractivity (Wildman–Crippen MR) is 105 cm³/mol. The lowest BCUT2D eigenvalue weighted by atomic mass is 9.80. The van der Waals surface area contributed by atoms with Crippen molar-refractivity contribution < 1.29 is 0 Å². The van der Waals surface area contributed by atoms with Gasteiger partial charge in [-0.2, -0.15) is 5.10 Å². The summed E-state index contributed by atoms with van der Waals surface area (Å²) in [6.45, 7) is 0. The van der Waals surface area contributed by atoms with Gasteiger partial charge in [0, 0.05) is 39.4 Å². The maximum absolute atomic E-state index is 5.20. The van der Waals surface area contributed by atoms with Crippen LogP contribution < -0.4 is 0 Å². The number of aromatic nitrogens is 2. The second-order valence-electron chi connectivity index (χ2n) is 7.37. The summed E-state index contributed by atoms with van der Waals surface area (Å²) in [5.41, 5.74) is 5.35. The van der Waals surface area contributed by atoms with Crippen molar-refractivity contribution in [3.8, 4) is 11.3 Å². The van der Waals surface area contributed by atoms with Crippen LogP contribution in [0.25, 0.3) is 21.3 Å². The Bertz CT molecular complexity index is 949. The van der Waals surface area contributed by atoms with E-state index in [1.165, 1.54) is 64.7 Å². The van der Waals surface area contributed by atoms with E-state index in [0.29, 0.717) is 0 Å². The molecule has 2 unspecified atom stereocenters. The minimum Gasteiger partial charge on any atom is -0.286 e. The van der Waals surface area contributed by atoms with E-state index in [1.54, 1.807) is 0 Å². The van der Waals surface area contributed by atoms with Crippen LogP contribution in [0.3, 0.4) is 0 Å². The number of fused-ring (bicyclic) bond motifs is 2. The van der Waals surface area contributed by atoms with E-state index < -0.39 is 0 Å². The fourth-order valence-corrected chi connectivity index (χ4v) is 5.53. The van der Waals surface area contributed by atoms with Gasteiger partial charge in [-0.25, -0.2) is 0 Å². The van der Waals surface area contributed by atoms with Gasteiger partial charge < -0.3 is 0 Å². The van der Waals surface area contributed by atoms with Gasteiger partial charge in [0.15, 0.2) is 0 Å². The lowest BCUT2D eigenvalue weighted by Gasteiger charge is -2.31. The molecule has 0 N–H and O–H groups in total. The highest BCUT2D eigenvalue weighted by Crippen LogP contribution is 2.42. The summed E-state index contributed by atoms with van der Waals surface area (Å²) in [7, 11) is 2.06. The molecule has 0 amide bonds. The van der Waals surface area contributed by atoms with Crippen molar-refractivity contribution in [2.75, 3.05) is 0 Å². The predicted octanol–water partition coefficient (Wildman–Crippen LogP) is 5.77. The molecule has 0 bridgehead atoms. The topological polar surface area (TPSA) is 30.2 Å². The van der Waals surface area contributed by atoms with Crippen LogP contribution in [0, 0.1) is 5.92 Å². The molecule has 25 heavy (non-hydrogen) atoms. The van der Waals surface area contributed by atoms with E-state index >= 15 is 0 Å². The number of aliphatic imine (C=N–C) groups is 1. The molecule has 1 fully saturated rings. The molecule has 3 nitrogen and oxygen atoms in total. The minimum atomic E-state index is 0.284. The Kier molecular flexibility index (Phi) is 3.74. The van der Waals surface area contributed by atoms with E-state index in [-0.39, 0.29) is 6.04 Å². The van der Waals surface area contributed by atoms with Crippen molar-refractivity contribution in [1.82, 2.24) is 9.78 Å². The maximum Gasteiger partial charge on any atom is 0.0785 e. The fourth-order valence-electron chi connectivity index (χ4n) is 4.59. The van der Waals surface area contributed by atoms with E-state index in [9.17, 15) is 0 Å².